The SMILES string of the molecule is CC(C)C[C@H](NC(=O)[C@H](CO)NC(=O)[C@H](CCC(=O)O)Nc1nc(N)c(C(=O)N=C(N)N)nc1Cl)C(=O)N[C@@H](C)C(=O)N[C@@H](Cc1ccc(O)cc1)C(=O)N[C@@H](Cc1ccc(O)cc1)C(=O)N[C@H](C(=O)N[C@@H](C)C(=O)NCC(N)=O)[C@@H](C)O. The van der Waals surface area contributed by atoms with Gasteiger partial charge in [0.25, 0.3) is 0 Å². The molecule has 83 heavy (non-hydrogen) atoms. The Morgan fingerprint density at radius 2 is 1.06 bits per heavy atom. The summed E-state index contributed by atoms with van der Waals surface area (Å²) in [5.41, 5.74) is 21.6. The van der Waals surface area contributed by atoms with E-state index in [-0.39, 0.29) is 36.7 Å². The van der Waals surface area contributed by atoms with Crippen LogP contribution in [0.3, 0.4) is 0 Å². The zero-order valence-electron chi connectivity index (χ0n) is 45.6. The van der Waals surface area contributed by atoms with Crippen molar-refractivity contribution in [1.29, 1.82) is 0 Å². The molecule has 0 aliphatic carbocycles. The third-order valence-electron chi connectivity index (χ3n) is 11.8. The monoisotopic (exact) mass is 1180 g/mol. The lowest BCUT2D eigenvalue weighted by Gasteiger charge is -2.28. The number of benzene rings is 2. The molecule has 0 radical (unpaired) electrons. The van der Waals surface area contributed by atoms with Crippen LogP contribution in [0.1, 0.15) is 75.5 Å². The van der Waals surface area contributed by atoms with Crippen LogP contribution in [-0.4, -0.2) is 174 Å². The Labute approximate surface area is 479 Å². The second kappa shape index (κ2) is 32.1. The molecule has 0 aliphatic heterocycles. The number of carboxylic acid groups (broad SMARTS) is 1. The van der Waals surface area contributed by atoms with Crippen molar-refractivity contribution in [2.45, 2.75) is 121 Å². The Morgan fingerprint density at radius 1 is 0.602 bits per heavy atom. The van der Waals surface area contributed by atoms with Gasteiger partial charge in [0, 0.05) is 19.3 Å². The number of guanidine groups is 1. The number of aliphatic carboxylic acids is 1. The van der Waals surface area contributed by atoms with Crippen LogP contribution in [0.2, 0.25) is 5.15 Å². The number of nitrogens with two attached hydrogens (primary N) is 4. The van der Waals surface area contributed by atoms with Gasteiger partial charge in [-0.1, -0.05) is 49.7 Å². The lowest BCUT2D eigenvalue weighted by atomic mass is 10.0. The van der Waals surface area contributed by atoms with Crippen molar-refractivity contribution in [3.05, 3.63) is 70.5 Å². The largest absolute Gasteiger partial charge is 0.508 e. The van der Waals surface area contributed by atoms with Crippen LogP contribution in [0.4, 0.5) is 11.6 Å². The van der Waals surface area contributed by atoms with Gasteiger partial charge in [0.05, 0.1) is 19.3 Å². The molecule has 452 valence electrons. The highest BCUT2D eigenvalue weighted by Crippen LogP contribution is 2.23. The van der Waals surface area contributed by atoms with E-state index in [1.54, 1.807) is 13.8 Å². The summed E-state index contributed by atoms with van der Waals surface area (Å²) < 4.78 is 0. The number of carbonyl (C=O) groups excluding carboxylic acids is 10. The highest BCUT2D eigenvalue weighted by atomic mass is 35.5. The third-order valence-corrected chi connectivity index (χ3v) is 12.0. The molecule has 22 N–H and O–H groups in total. The van der Waals surface area contributed by atoms with Crippen molar-refractivity contribution in [2.75, 3.05) is 24.2 Å². The molecule has 10 amide bonds. The molecule has 9 atom stereocenters. The normalized spacial score (nSPS) is 14.2. The number of phenolic OH excluding ortho intramolecular Hbond substituents is 2. The number of rotatable bonds is 31. The van der Waals surface area contributed by atoms with E-state index >= 15 is 0 Å². The summed E-state index contributed by atoms with van der Waals surface area (Å²) in [6.45, 7) is 5.42. The maximum Gasteiger partial charge on any atom is 0.303 e. The van der Waals surface area contributed by atoms with Gasteiger partial charge in [-0.25, -0.2) is 9.97 Å². The summed E-state index contributed by atoms with van der Waals surface area (Å²) in [6.07, 6.45) is -3.39. The maximum atomic E-state index is 14.4. The molecule has 2 aromatic carbocycles. The fourth-order valence-electron chi connectivity index (χ4n) is 7.45. The number of aromatic hydroxyl groups is 2. The van der Waals surface area contributed by atoms with Crippen molar-refractivity contribution < 1.29 is 78.3 Å². The predicted molar refractivity (Wildman–Crippen MR) is 295 cm³/mol. The Morgan fingerprint density at radius 3 is 1.55 bits per heavy atom. The summed E-state index contributed by atoms with van der Waals surface area (Å²) in [4.78, 5) is 156. The molecule has 32 nitrogen and oxygen atoms in total. The van der Waals surface area contributed by atoms with Crippen molar-refractivity contribution in [2.24, 2.45) is 28.1 Å². The van der Waals surface area contributed by atoms with E-state index in [0.29, 0.717) is 11.1 Å². The summed E-state index contributed by atoms with van der Waals surface area (Å²) in [6, 6.07) is -1.54. The average molecular weight is 1190 g/mol. The number of aliphatic hydroxyl groups is 2. The molecular formula is C50H69ClN16O16. The minimum Gasteiger partial charge on any atom is -0.508 e. The Hall–Kier alpha value is -9.43. The van der Waals surface area contributed by atoms with Crippen molar-refractivity contribution in [3.8, 4) is 11.5 Å². The van der Waals surface area contributed by atoms with Crippen LogP contribution in [0.25, 0.3) is 0 Å². The number of nitrogens with one attached hydrogen (secondary N) is 9. The van der Waals surface area contributed by atoms with Crippen LogP contribution in [0, 0.1) is 5.92 Å². The first-order valence-corrected chi connectivity index (χ1v) is 25.8. The molecule has 0 spiro atoms. The van der Waals surface area contributed by atoms with Gasteiger partial charge in [-0.3, -0.25) is 52.7 Å². The maximum absolute atomic E-state index is 14.4. The van der Waals surface area contributed by atoms with Gasteiger partial charge in [-0.2, -0.15) is 4.99 Å². The molecule has 0 unspecified atom stereocenters. The Kier molecular flexibility index (Phi) is 26.3. The standard InChI is InChI=1S/C50H69ClN16O16/c1-21(2)16-30(61-47(81)33(20-68)63-43(77)29(14-15-35(73)74)59-40-38(51)64-37(39(53)66-40)49(83)67-50(54)55)44(78)57-23(4)42(76)60-31(17-25-6-10-27(70)11-7-25)45(79)62-32(18-26-8-12-28(71)13-9-26)46(80)65-36(24(5)69)48(82)58-22(3)41(75)56-19-34(52)72/h6-13,21-24,29-33,36,68-71H,14-20H2,1-5H3,(H2,52,72)(H,56,75)(H,57,78)(H,58,82)(H,60,76)(H,61,81)(H,62,79)(H,63,77)(H,65,80)(H,73,74)(H3,53,59,66)(H4,54,55,67,83)/t22-,23-,24+,29-,30-,31-,32-,33-,36-/m0/s1. The number of primary amides is 1. The van der Waals surface area contributed by atoms with Crippen LogP contribution in [-0.2, 0) is 60.8 Å². The fourth-order valence-corrected chi connectivity index (χ4v) is 7.63. The quantitative estimate of drug-likeness (QED) is 0.0212. The number of hydrogen-bond donors (Lipinski definition) is 18. The van der Waals surface area contributed by atoms with E-state index in [1.807, 2.05) is 0 Å². The van der Waals surface area contributed by atoms with E-state index in [0.717, 1.165) is 6.92 Å². The number of carboxylic acids is 1. The van der Waals surface area contributed by atoms with E-state index in [1.165, 1.54) is 62.4 Å². The number of nitrogens with zero attached hydrogens (tertiary/aromatic N) is 3. The molecule has 0 aliphatic rings. The third kappa shape index (κ3) is 22.6. The van der Waals surface area contributed by atoms with E-state index in [4.69, 9.17) is 34.5 Å². The molecule has 0 saturated heterocycles. The first-order valence-electron chi connectivity index (χ1n) is 25.4. The molecule has 0 saturated carbocycles. The van der Waals surface area contributed by atoms with Gasteiger partial charge in [-0.05, 0) is 74.9 Å². The van der Waals surface area contributed by atoms with E-state index in [9.17, 15) is 78.3 Å². The van der Waals surface area contributed by atoms with Crippen LogP contribution >= 0.6 is 11.6 Å². The molecule has 1 heterocycles. The predicted octanol–water partition coefficient (Wildman–Crippen LogP) is -4.88. The number of amides is 10. The number of carbonyl (C=O) groups is 11. The number of halogens is 1. The van der Waals surface area contributed by atoms with E-state index < -0.39 is 174 Å². The van der Waals surface area contributed by atoms with Gasteiger partial charge >= 0.3 is 11.9 Å². The average Bonchev–Trinajstić information content (AvgIpc) is 3.40. The minimum atomic E-state index is -1.79. The number of hydrogen-bond acceptors (Lipinski definition) is 19. The lowest BCUT2D eigenvalue weighted by Crippen LogP contribution is -2.61. The summed E-state index contributed by atoms with van der Waals surface area (Å²) >= 11 is 6.20. The van der Waals surface area contributed by atoms with Gasteiger partial charge in [-0.15, -0.1) is 0 Å². The molecule has 0 fully saturated rings. The number of aliphatic imine (C=N–C) groups is 1. The Bertz CT molecular complexity index is 2870. The Balaban J connectivity index is 1.87. The van der Waals surface area contributed by atoms with Crippen LogP contribution in [0.15, 0.2) is 53.5 Å². The van der Waals surface area contributed by atoms with Gasteiger partial charge in [0.2, 0.25) is 53.2 Å². The van der Waals surface area contributed by atoms with Crippen molar-refractivity contribution in [3.63, 3.8) is 0 Å². The highest BCUT2D eigenvalue weighted by Gasteiger charge is 2.35. The molecule has 33 heteroatoms. The van der Waals surface area contributed by atoms with Crippen LogP contribution < -0.4 is 70.8 Å². The number of phenols is 2. The van der Waals surface area contributed by atoms with Crippen molar-refractivity contribution >= 4 is 94.2 Å². The number of nitrogen functional groups attached to an aromatic ring is 1. The molecular weight excluding hydrogens is 1120 g/mol. The molecule has 3 rings (SSSR count). The topological polar surface area (TPSA) is 539 Å². The second-order valence-electron chi connectivity index (χ2n) is 19.2. The smallest absolute Gasteiger partial charge is 0.303 e. The minimum absolute atomic E-state index is 0.0830. The van der Waals surface area contributed by atoms with Gasteiger partial charge in [0.15, 0.2) is 28.4 Å². The highest BCUT2D eigenvalue weighted by molar-refractivity contribution is 6.32. The number of aliphatic hydroxyl groups excluding tert-OH is 2. The molecule has 0 bridgehead atoms. The number of aromatic nitrogens is 2. The number of anilines is 2. The molecule has 1 aromatic heterocycles. The first kappa shape index (κ1) is 67.8. The first-order chi connectivity index (χ1) is 38.9. The molecule has 3 aromatic rings. The second-order valence-corrected chi connectivity index (χ2v) is 19.6. The van der Waals surface area contributed by atoms with Gasteiger partial charge in [0.1, 0.15) is 59.8 Å². The zero-order valence-corrected chi connectivity index (χ0v) is 46.4. The zero-order chi connectivity index (χ0) is 62.4. The lowest BCUT2D eigenvalue weighted by molar-refractivity contribution is -0.137. The van der Waals surface area contributed by atoms with Crippen LogP contribution in [0.5, 0.6) is 11.5 Å². The summed E-state index contributed by atoms with van der Waals surface area (Å²) in [5, 5.41) is 71.4. The summed E-state index contributed by atoms with van der Waals surface area (Å²) in [5.74, 6) is -13.6. The summed E-state index contributed by atoms with van der Waals surface area (Å²) in [7, 11) is 0. The fraction of sp³-hybridized carbons (Fsp3) is 0.440. The van der Waals surface area contributed by atoms with Crippen molar-refractivity contribution in [1.82, 2.24) is 52.5 Å². The van der Waals surface area contributed by atoms with Gasteiger partial charge < -0.3 is 96.3 Å². The van der Waals surface area contributed by atoms with E-state index in [2.05, 4.69) is 62.8 Å².